The van der Waals surface area contributed by atoms with Gasteiger partial charge in [-0.2, -0.15) is 4.98 Å². The smallest absolute Gasteiger partial charge is 0.227 e. The molecule has 0 radical (unpaired) electrons. The van der Waals surface area contributed by atoms with Crippen LogP contribution in [0.4, 0.5) is 11.8 Å². The van der Waals surface area contributed by atoms with Crippen LogP contribution in [0.2, 0.25) is 0 Å². The van der Waals surface area contributed by atoms with Gasteiger partial charge in [-0.25, -0.2) is 4.98 Å². The Hall–Kier alpha value is -2.14. The first-order valence-electron chi connectivity index (χ1n) is 9.82. The zero-order valence-electron chi connectivity index (χ0n) is 15.6. The van der Waals surface area contributed by atoms with Gasteiger partial charge in [0.1, 0.15) is 5.82 Å². The summed E-state index contributed by atoms with van der Waals surface area (Å²) in [4.78, 5) is 14.3. The van der Waals surface area contributed by atoms with Gasteiger partial charge in [0, 0.05) is 38.7 Å². The van der Waals surface area contributed by atoms with Gasteiger partial charge in [0.2, 0.25) is 5.95 Å². The molecule has 0 spiro atoms. The van der Waals surface area contributed by atoms with Crippen LogP contribution in [0.5, 0.6) is 0 Å². The van der Waals surface area contributed by atoms with Crippen LogP contribution in [0, 0.1) is 6.92 Å². The van der Waals surface area contributed by atoms with Crippen molar-refractivity contribution in [2.24, 2.45) is 0 Å². The van der Waals surface area contributed by atoms with Gasteiger partial charge in [-0.05, 0) is 43.7 Å². The summed E-state index contributed by atoms with van der Waals surface area (Å²) in [5.41, 5.74) is 3.03. The standard InChI is InChI=1S/C21H28N4O/c1-16-8-2-3-9-18(16)19(26)14-17-15-20(24-10-4-5-11-24)23-21(22-17)25-12-6-7-13-25/h2-3,8-9,15,19,26H,4-7,10-14H2,1H3. The number of benzene rings is 1. The molecular formula is C21H28N4O. The van der Waals surface area contributed by atoms with Crippen molar-refractivity contribution < 1.29 is 5.11 Å². The van der Waals surface area contributed by atoms with Crippen LogP contribution in [0.3, 0.4) is 0 Å². The highest BCUT2D eigenvalue weighted by Crippen LogP contribution is 2.27. The molecule has 2 fully saturated rings. The highest BCUT2D eigenvalue weighted by Gasteiger charge is 2.21. The summed E-state index contributed by atoms with van der Waals surface area (Å²) in [6.45, 7) is 6.24. The number of aliphatic hydroxyl groups excluding tert-OH is 1. The molecule has 5 nitrogen and oxygen atoms in total. The number of aliphatic hydroxyl groups is 1. The van der Waals surface area contributed by atoms with Gasteiger partial charge < -0.3 is 14.9 Å². The molecule has 4 rings (SSSR count). The molecule has 1 N–H and O–H groups in total. The molecule has 2 aliphatic heterocycles. The molecule has 2 aromatic rings. The van der Waals surface area contributed by atoms with Crippen LogP contribution >= 0.6 is 0 Å². The van der Waals surface area contributed by atoms with E-state index in [2.05, 4.69) is 15.9 Å². The minimum Gasteiger partial charge on any atom is -0.388 e. The quantitative estimate of drug-likeness (QED) is 0.895. The van der Waals surface area contributed by atoms with Gasteiger partial charge in [-0.1, -0.05) is 24.3 Å². The van der Waals surface area contributed by atoms with E-state index in [0.717, 1.165) is 54.8 Å². The van der Waals surface area contributed by atoms with Crippen molar-refractivity contribution in [1.82, 2.24) is 9.97 Å². The molecule has 1 aromatic carbocycles. The molecule has 0 bridgehead atoms. The molecule has 5 heteroatoms. The second-order valence-corrected chi connectivity index (χ2v) is 7.48. The van der Waals surface area contributed by atoms with Crippen LogP contribution in [0.25, 0.3) is 0 Å². The van der Waals surface area contributed by atoms with E-state index >= 15 is 0 Å². The van der Waals surface area contributed by atoms with Crippen LogP contribution in [-0.4, -0.2) is 41.3 Å². The first-order chi connectivity index (χ1) is 12.7. The SMILES string of the molecule is Cc1ccccc1C(O)Cc1cc(N2CCCC2)nc(N2CCCC2)n1. The van der Waals surface area contributed by atoms with E-state index < -0.39 is 6.10 Å². The monoisotopic (exact) mass is 352 g/mol. The Morgan fingerprint density at radius 3 is 2.31 bits per heavy atom. The predicted molar refractivity (Wildman–Crippen MR) is 105 cm³/mol. The zero-order valence-corrected chi connectivity index (χ0v) is 15.6. The van der Waals surface area contributed by atoms with Crippen molar-refractivity contribution in [3.05, 3.63) is 47.2 Å². The zero-order chi connectivity index (χ0) is 17.9. The summed E-state index contributed by atoms with van der Waals surface area (Å²) in [6.07, 6.45) is 4.85. The fourth-order valence-corrected chi connectivity index (χ4v) is 4.01. The first kappa shape index (κ1) is 17.3. The van der Waals surface area contributed by atoms with E-state index in [9.17, 15) is 5.11 Å². The second-order valence-electron chi connectivity index (χ2n) is 7.48. The lowest BCUT2D eigenvalue weighted by atomic mass is 10.00. The van der Waals surface area contributed by atoms with Gasteiger partial charge in [0.15, 0.2) is 0 Å². The number of rotatable bonds is 5. The Balaban J connectivity index is 1.62. The van der Waals surface area contributed by atoms with Crippen LogP contribution in [0.15, 0.2) is 30.3 Å². The predicted octanol–water partition coefficient (Wildman–Crippen LogP) is 3.26. The Labute approximate surface area is 155 Å². The summed E-state index contributed by atoms with van der Waals surface area (Å²) in [5.74, 6) is 1.85. The first-order valence-corrected chi connectivity index (χ1v) is 9.82. The molecule has 0 aliphatic carbocycles. The lowest BCUT2D eigenvalue weighted by Crippen LogP contribution is -2.25. The highest BCUT2D eigenvalue weighted by atomic mass is 16.3. The molecule has 1 aromatic heterocycles. The molecule has 138 valence electrons. The normalized spacial score (nSPS) is 18.5. The maximum absolute atomic E-state index is 10.8. The van der Waals surface area contributed by atoms with E-state index in [0.29, 0.717) is 6.42 Å². The maximum atomic E-state index is 10.8. The van der Waals surface area contributed by atoms with E-state index in [1.165, 1.54) is 25.7 Å². The molecule has 0 amide bonds. The van der Waals surface area contributed by atoms with E-state index in [4.69, 9.17) is 9.97 Å². The van der Waals surface area contributed by atoms with Gasteiger partial charge in [0.25, 0.3) is 0 Å². The fraction of sp³-hybridized carbons (Fsp3) is 0.524. The molecule has 3 heterocycles. The van der Waals surface area contributed by atoms with Crippen LogP contribution < -0.4 is 9.80 Å². The van der Waals surface area contributed by atoms with Gasteiger partial charge in [0.05, 0.1) is 11.8 Å². The number of aryl methyl sites for hydroxylation is 1. The van der Waals surface area contributed by atoms with Gasteiger partial charge in [-0.15, -0.1) is 0 Å². The molecule has 2 saturated heterocycles. The third kappa shape index (κ3) is 3.68. The summed E-state index contributed by atoms with van der Waals surface area (Å²) < 4.78 is 0. The van der Waals surface area contributed by atoms with Crippen molar-refractivity contribution in [3.63, 3.8) is 0 Å². The van der Waals surface area contributed by atoms with Gasteiger partial charge >= 0.3 is 0 Å². The Bertz CT molecular complexity index is 717. The third-order valence-electron chi connectivity index (χ3n) is 5.52. The topological polar surface area (TPSA) is 52.5 Å². The minimum absolute atomic E-state index is 0.523. The molecule has 2 aliphatic rings. The minimum atomic E-state index is -0.538. The lowest BCUT2D eigenvalue weighted by molar-refractivity contribution is 0.176. The van der Waals surface area contributed by atoms with Gasteiger partial charge in [-0.3, -0.25) is 0 Å². The summed E-state index contributed by atoms with van der Waals surface area (Å²) >= 11 is 0. The average Bonchev–Trinajstić information content (AvgIpc) is 3.35. The molecular weight excluding hydrogens is 324 g/mol. The van der Waals surface area contributed by atoms with Crippen molar-refractivity contribution in [2.75, 3.05) is 36.0 Å². The van der Waals surface area contributed by atoms with E-state index in [1.54, 1.807) is 0 Å². The van der Waals surface area contributed by atoms with Crippen molar-refractivity contribution in [1.29, 1.82) is 0 Å². The maximum Gasteiger partial charge on any atom is 0.227 e. The molecule has 0 saturated carbocycles. The van der Waals surface area contributed by atoms with E-state index in [-0.39, 0.29) is 0 Å². The Morgan fingerprint density at radius 1 is 0.962 bits per heavy atom. The Kier molecular flexibility index (Phi) is 5.07. The molecule has 1 unspecified atom stereocenters. The fourth-order valence-electron chi connectivity index (χ4n) is 4.01. The summed E-state index contributed by atoms with van der Waals surface area (Å²) in [6, 6.07) is 10.1. The number of hydrogen-bond acceptors (Lipinski definition) is 5. The summed E-state index contributed by atoms with van der Waals surface area (Å²) in [7, 11) is 0. The van der Waals surface area contributed by atoms with Crippen LogP contribution in [-0.2, 0) is 6.42 Å². The summed E-state index contributed by atoms with van der Waals surface area (Å²) in [5, 5.41) is 10.8. The Morgan fingerprint density at radius 2 is 1.62 bits per heavy atom. The number of anilines is 2. The number of nitrogens with zero attached hydrogens (tertiary/aromatic N) is 4. The lowest BCUT2D eigenvalue weighted by Gasteiger charge is -2.22. The highest BCUT2D eigenvalue weighted by molar-refractivity contribution is 5.47. The van der Waals surface area contributed by atoms with Crippen molar-refractivity contribution in [3.8, 4) is 0 Å². The number of aromatic nitrogens is 2. The van der Waals surface area contributed by atoms with Crippen molar-refractivity contribution >= 4 is 11.8 Å². The second kappa shape index (κ2) is 7.62. The molecule has 26 heavy (non-hydrogen) atoms. The van der Waals surface area contributed by atoms with Crippen molar-refractivity contribution in [2.45, 2.75) is 45.1 Å². The third-order valence-corrected chi connectivity index (χ3v) is 5.52. The molecule has 1 atom stereocenters. The largest absolute Gasteiger partial charge is 0.388 e. The number of hydrogen-bond donors (Lipinski definition) is 1. The van der Waals surface area contributed by atoms with Crippen LogP contribution in [0.1, 0.15) is 48.6 Å². The van der Waals surface area contributed by atoms with E-state index in [1.807, 2.05) is 31.2 Å². The average molecular weight is 352 g/mol.